The van der Waals surface area contributed by atoms with E-state index >= 15 is 0 Å². The summed E-state index contributed by atoms with van der Waals surface area (Å²) in [4.78, 5) is 22.8. The van der Waals surface area contributed by atoms with Gasteiger partial charge in [0.05, 0.1) is 15.4 Å². The van der Waals surface area contributed by atoms with Crippen molar-refractivity contribution in [1.29, 1.82) is 0 Å². The summed E-state index contributed by atoms with van der Waals surface area (Å²) >= 11 is 0. The summed E-state index contributed by atoms with van der Waals surface area (Å²) in [6.45, 7) is 6.45. The molecule has 0 bridgehead atoms. The molecule has 1 aromatic heterocycles. The molecule has 3 rings (SSSR count). The lowest BCUT2D eigenvalue weighted by molar-refractivity contribution is -0.384. The number of rotatable bonds is 7. The van der Waals surface area contributed by atoms with Gasteiger partial charge in [-0.1, -0.05) is 6.07 Å². The maximum Gasteiger partial charge on any atom is 0.338 e. The number of hydrogen-bond acceptors (Lipinski definition) is 9. The molecule has 0 fully saturated rings. The fraction of sp³-hybridized carbons (Fsp3) is 0.286. The summed E-state index contributed by atoms with van der Waals surface area (Å²) in [5.41, 5.74) is 0.313. The highest BCUT2D eigenvalue weighted by Crippen LogP contribution is 2.22. The number of aryl methyl sites for hydroxylation is 1. The molecular formula is C21H22N4O7S. The number of nitrogens with one attached hydrogen (secondary N) is 1. The molecule has 0 atom stereocenters. The van der Waals surface area contributed by atoms with Crippen LogP contribution in [0.5, 0.6) is 0 Å². The van der Waals surface area contributed by atoms with E-state index < -0.39 is 26.5 Å². The summed E-state index contributed by atoms with van der Waals surface area (Å²) in [6, 6.07) is 9.71. The summed E-state index contributed by atoms with van der Waals surface area (Å²) in [7, 11) is -3.83. The Morgan fingerprint density at radius 1 is 1.15 bits per heavy atom. The smallest absolute Gasteiger partial charge is 0.338 e. The molecule has 0 aliphatic rings. The van der Waals surface area contributed by atoms with Gasteiger partial charge < -0.3 is 9.15 Å². The minimum absolute atomic E-state index is 0.00697. The Kier molecular flexibility index (Phi) is 6.60. The molecule has 0 saturated carbocycles. The van der Waals surface area contributed by atoms with Crippen LogP contribution >= 0.6 is 0 Å². The Morgan fingerprint density at radius 2 is 1.82 bits per heavy atom. The van der Waals surface area contributed by atoms with Gasteiger partial charge in [0.2, 0.25) is 15.9 Å². The van der Waals surface area contributed by atoms with E-state index in [1.807, 2.05) is 0 Å². The highest BCUT2D eigenvalue weighted by molar-refractivity contribution is 7.89. The Labute approximate surface area is 190 Å². The number of hydrogen-bond donors (Lipinski definition) is 1. The van der Waals surface area contributed by atoms with Gasteiger partial charge in [-0.3, -0.25) is 10.1 Å². The second-order valence-electron chi connectivity index (χ2n) is 8.21. The lowest BCUT2D eigenvalue weighted by Crippen LogP contribution is -2.40. The summed E-state index contributed by atoms with van der Waals surface area (Å²) in [5, 5.41) is 18.4. The van der Waals surface area contributed by atoms with Gasteiger partial charge in [-0.2, -0.15) is 0 Å². The number of nitro groups is 1. The van der Waals surface area contributed by atoms with Crippen LogP contribution in [0.3, 0.4) is 0 Å². The molecule has 0 aliphatic heterocycles. The molecule has 0 radical (unpaired) electrons. The van der Waals surface area contributed by atoms with Gasteiger partial charge in [-0.05, 0) is 57.5 Å². The number of ether oxygens (including phenoxy) is 1. The first-order valence-corrected chi connectivity index (χ1v) is 11.2. The largest absolute Gasteiger partial charge is 0.452 e. The number of nitrogens with zero attached hydrogens (tertiary/aromatic N) is 3. The first-order chi connectivity index (χ1) is 15.4. The normalized spacial score (nSPS) is 11.9. The van der Waals surface area contributed by atoms with Crippen LogP contribution in [0, 0.1) is 17.0 Å². The van der Waals surface area contributed by atoms with Gasteiger partial charge in [0, 0.05) is 23.2 Å². The third-order valence-corrected chi connectivity index (χ3v) is 6.05. The Balaban J connectivity index is 1.72. The molecule has 0 saturated heterocycles. The highest BCUT2D eigenvalue weighted by atomic mass is 32.2. The molecule has 174 valence electrons. The van der Waals surface area contributed by atoms with Crippen molar-refractivity contribution in [2.45, 2.75) is 44.7 Å². The Hall–Kier alpha value is -3.64. The van der Waals surface area contributed by atoms with Crippen molar-refractivity contribution in [2.75, 3.05) is 0 Å². The second-order valence-corrected chi connectivity index (χ2v) is 9.90. The first-order valence-electron chi connectivity index (χ1n) is 9.75. The molecular weight excluding hydrogens is 452 g/mol. The Morgan fingerprint density at radius 3 is 2.42 bits per heavy atom. The van der Waals surface area contributed by atoms with E-state index in [9.17, 15) is 23.3 Å². The number of sulfonamides is 1. The third-order valence-electron chi connectivity index (χ3n) is 4.30. The van der Waals surface area contributed by atoms with Crippen LogP contribution in [-0.4, -0.2) is 35.0 Å². The standard InChI is InChI=1S/C21H22N4O7S/c1-13-5-10-16(33(29,30)24-21(2,3)4)11-17(13)20(26)31-12-18-22-23-19(32-18)14-6-8-15(9-7-14)25(27)28/h5-11,24H,12H2,1-4H3. The topological polar surface area (TPSA) is 155 Å². The molecule has 12 heteroatoms. The lowest BCUT2D eigenvalue weighted by atomic mass is 10.1. The predicted octanol–water partition coefficient (Wildman–Crippen LogP) is 3.39. The van der Waals surface area contributed by atoms with Gasteiger partial charge in [0.15, 0.2) is 6.61 Å². The van der Waals surface area contributed by atoms with E-state index in [0.717, 1.165) is 0 Å². The predicted molar refractivity (Wildman–Crippen MR) is 117 cm³/mol. The minimum atomic E-state index is -3.83. The van der Waals surface area contributed by atoms with E-state index in [1.165, 1.54) is 42.5 Å². The zero-order valence-corrected chi connectivity index (χ0v) is 19.2. The molecule has 2 aromatic carbocycles. The zero-order chi connectivity index (χ0) is 24.4. The van der Waals surface area contributed by atoms with Crippen LogP contribution in [0.15, 0.2) is 51.8 Å². The molecule has 0 unspecified atom stereocenters. The molecule has 0 aliphatic carbocycles. The fourth-order valence-corrected chi connectivity index (χ4v) is 4.25. The van der Waals surface area contributed by atoms with Crippen molar-refractivity contribution in [2.24, 2.45) is 0 Å². The van der Waals surface area contributed by atoms with Crippen LogP contribution in [0.4, 0.5) is 5.69 Å². The van der Waals surface area contributed by atoms with E-state index in [4.69, 9.17) is 9.15 Å². The van der Waals surface area contributed by atoms with Crippen molar-refractivity contribution >= 4 is 21.7 Å². The van der Waals surface area contributed by atoms with Crippen molar-refractivity contribution in [3.8, 4) is 11.5 Å². The SMILES string of the molecule is Cc1ccc(S(=O)(=O)NC(C)(C)C)cc1C(=O)OCc1nnc(-c2ccc([N+](=O)[O-])cc2)o1. The quantitative estimate of drug-likeness (QED) is 0.308. The molecule has 3 aromatic rings. The second kappa shape index (κ2) is 9.08. The average Bonchev–Trinajstić information content (AvgIpc) is 3.19. The molecule has 1 N–H and O–H groups in total. The number of non-ortho nitro benzene ring substituents is 1. The van der Waals surface area contributed by atoms with Crippen LogP contribution in [0.2, 0.25) is 0 Å². The zero-order valence-electron chi connectivity index (χ0n) is 18.4. The summed E-state index contributed by atoms with van der Waals surface area (Å²) in [5.74, 6) is -0.642. The maximum atomic E-state index is 12.6. The van der Waals surface area contributed by atoms with Crippen LogP contribution in [-0.2, 0) is 21.4 Å². The van der Waals surface area contributed by atoms with Crippen LogP contribution in [0.1, 0.15) is 42.6 Å². The van der Waals surface area contributed by atoms with Crippen molar-refractivity contribution in [1.82, 2.24) is 14.9 Å². The summed E-state index contributed by atoms with van der Waals surface area (Å²) in [6.07, 6.45) is 0. The number of esters is 1. The molecule has 0 amide bonds. The van der Waals surface area contributed by atoms with Crippen molar-refractivity contribution in [3.63, 3.8) is 0 Å². The van der Waals surface area contributed by atoms with Gasteiger partial charge in [-0.15, -0.1) is 10.2 Å². The van der Waals surface area contributed by atoms with E-state index in [1.54, 1.807) is 27.7 Å². The van der Waals surface area contributed by atoms with E-state index in [2.05, 4.69) is 14.9 Å². The molecule has 1 heterocycles. The molecule has 33 heavy (non-hydrogen) atoms. The number of carbonyl (C=O) groups is 1. The number of carbonyl (C=O) groups excluding carboxylic acids is 1. The highest BCUT2D eigenvalue weighted by Gasteiger charge is 2.24. The van der Waals surface area contributed by atoms with Crippen molar-refractivity contribution < 1.29 is 27.3 Å². The van der Waals surface area contributed by atoms with Gasteiger partial charge in [0.25, 0.3) is 11.6 Å². The monoisotopic (exact) mass is 474 g/mol. The summed E-state index contributed by atoms with van der Waals surface area (Å²) < 4.78 is 38.4. The van der Waals surface area contributed by atoms with E-state index in [0.29, 0.717) is 11.1 Å². The van der Waals surface area contributed by atoms with Gasteiger partial charge in [0.1, 0.15) is 0 Å². The third kappa shape index (κ3) is 5.99. The van der Waals surface area contributed by atoms with E-state index in [-0.39, 0.29) is 34.5 Å². The number of benzene rings is 2. The maximum absolute atomic E-state index is 12.6. The molecule has 11 nitrogen and oxygen atoms in total. The lowest BCUT2D eigenvalue weighted by Gasteiger charge is -2.20. The van der Waals surface area contributed by atoms with Gasteiger partial charge >= 0.3 is 5.97 Å². The number of aromatic nitrogens is 2. The Bertz CT molecular complexity index is 1290. The fourth-order valence-electron chi connectivity index (χ4n) is 2.81. The average molecular weight is 474 g/mol. The van der Waals surface area contributed by atoms with Crippen molar-refractivity contribution in [3.05, 3.63) is 69.6 Å². The number of nitro benzene ring substituents is 1. The first kappa shape index (κ1) is 24.0. The van der Waals surface area contributed by atoms with Gasteiger partial charge in [-0.25, -0.2) is 17.9 Å². The molecule has 0 spiro atoms. The van der Waals surface area contributed by atoms with Crippen LogP contribution in [0.25, 0.3) is 11.5 Å². The minimum Gasteiger partial charge on any atom is -0.452 e. The van der Waals surface area contributed by atoms with Crippen LogP contribution < -0.4 is 4.72 Å².